The molecule has 1 heterocycles. The third-order valence-electron chi connectivity index (χ3n) is 2.76. The van der Waals surface area contributed by atoms with Crippen LogP contribution in [0, 0.1) is 0 Å². The summed E-state index contributed by atoms with van der Waals surface area (Å²) in [6.45, 7) is 0. The molecule has 1 aromatic rings. The van der Waals surface area contributed by atoms with Crippen molar-refractivity contribution in [2.45, 2.75) is 12.5 Å². The third kappa shape index (κ3) is 2.32. The summed E-state index contributed by atoms with van der Waals surface area (Å²) >= 11 is 0. The summed E-state index contributed by atoms with van der Waals surface area (Å²) in [4.78, 5) is 34.4. The second-order valence-electron chi connectivity index (χ2n) is 3.94. The molecule has 0 bridgehead atoms. The molecule has 1 aromatic carbocycles. The maximum atomic E-state index is 11.6. The molecule has 2 rings (SSSR count). The Morgan fingerprint density at radius 1 is 1.33 bits per heavy atom. The number of urea groups is 1. The molecular formula is C12H13N3O3. The smallest absolute Gasteiger partial charge is 0.315 e. The van der Waals surface area contributed by atoms with E-state index in [1.807, 2.05) is 0 Å². The van der Waals surface area contributed by atoms with Gasteiger partial charge >= 0.3 is 6.03 Å². The van der Waals surface area contributed by atoms with Crippen molar-refractivity contribution < 1.29 is 14.4 Å². The first kappa shape index (κ1) is 12.1. The number of rotatable bonds is 1. The van der Waals surface area contributed by atoms with Gasteiger partial charge in [-0.3, -0.25) is 9.59 Å². The Labute approximate surface area is 104 Å². The molecule has 0 spiro atoms. The van der Waals surface area contributed by atoms with Crippen LogP contribution in [0.3, 0.4) is 0 Å². The van der Waals surface area contributed by atoms with Gasteiger partial charge in [0.05, 0.1) is 6.04 Å². The molecule has 3 amide bonds. The number of Topliss-reactive ketones (excluding diaryl/α,β-unsaturated/α-hetero) is 1. The van der Waals surface area contributed by atoms with Gasteiger partial charge in [-0.15, -0.1) is 0 Å². The van der Waals surface area contributed by atoms with Crippen molar-refractivity contribution in [2.75, 3.05) is 12.4 Å². The molecule has 0 aliphatic carbocycles. The van der Waals surface area contributed by atoms with Crippen molar-refractivity contribution in [2.24, 2.45) is 0 Å². The largest absolute Gasteiger partial charge is 0.341 e. The van der Waals surface area contributed by atoms with Crippen molar-refractivity contribution in [1.82, 2.24) is 10.6 Å². The van der Waals surface area contributed by atoms with E-state index in [2.05, 4.69) is 16.0 Å². The van der Waals surface area contributed by atoms with Crippen LogP contribution in [-0.4, -0.2) is 24.8 Å². The van der Waals surface area contributed by atoms with Gasteiger partial charge in [0, 0.05) is 19.2 Å². The van der Waals surface area contributed by atoms with Gasteiger partial charge in [0.25, 0.3) is 5.91 Å². The van der Waals surface area contributed by atoms with Gasteiger partial charge in [-0.2, -0.15) is 0 Å². The fourth-order valence-electron chi connectivity index (χ4n) is 1.85. The Morgan fingerprint density at radius 3 is 2.78 bits per heavy atom. The minimum Gasteiger partial charge on any atom is -0.341 e. The Balaban J connectivity index is 2.36. The molecule has 1 atom stereocenters. The molecule has 0 fully saturated rings. The van der Waals surface area contributed by atoms with Crippen molar-refractivity contribution in [3.63, 3.8) is 0 Å². The number of ketones is 1. The average molecular weight is 247 g/mol. The van der Waals surface area contributed by atoms with E-state index < -0.39 is 23.8 Å². The van der Waals surface area contributed by atoms with Crippen LogP contribution < -0.4 is 16.0 Å². The molecule has 1 aliphatic rings. The van der Waals surface area contributed by atoms with Crippen molar-refractivity contribution >= 4 is 23.4 Å². The zero-order valence-corrected chi connectivity index (χ0v) is 9.82. The summed E-state index contributed by atoms with van der Waals surface area (Å²) in [7, 11) is 1.49. The highest BCUT2D eigenvalue weighted by Crippen LogP contribution is 2.28. The minimum absolute atomic E-state index is 0.0454. The van der Waals surface area contributed by atoms with Crippen molar-refractivity contribution in [3.05, 3.63) is 29.8 Å². The van der Waals surface area contributed by atoms with Crippen molar-refractivity contribution in [3.8, 4) is 0 Å². The molecule has 6 heteroatoms. The van der Waals surface area contributed by atoms with E-state index >= 15 is 0 Å². The standard InChI is InChI=1S/C12H13N3O3/c1-13-12(18)15-9-6-10(16)11(17)14-8-5-3-2-4-7(8)9/h2-5,9H,6H2,1H3,(H,14,17)(H2,13,15,18). The molecule has 0 saturated heterocycles. The molecule has 18 heavy (non-hydrogen) atoms. The highest BCUT2D eigenvalue weighted by Gasteiger charge is 2.28. The second-order valence-corrected chi connectivity index (χ2v) is 3.94. The molecule has 1 unspecified atom stereocenters. The van der Waals surface area contributed by atoms with E-state index in [0.29, 0.717) is 5.69 Å². The molecule has 6 nitrogen and oxygen atoms in total. The van der Waals surface area contributed by atoms with Gasteiger partial charge in [-0.05, 0) is 11.6 Å². The van der Waals surface area contributed by atoms with E-state index in [1.165, 1.54) is 7.05 Å². The summed E-state index contributed by atoms with van der Waals surface area (Å²) in [5.41, 5.74) is 1.27. The fraction of sp³-hybridized carbons (Fsp3) is 0.250. The number of hydrogen-bond donors (Lipinski definition) is 3. The SMILES string of the molecule is CNC(=O)NC1CC(=O)C(=O)Nc2ccccc21. The van der Waals surface area contributed by atoms with Gasteiger partial charge in [0.15, 0.2) is 0 Å². The van der Waals surface area contributed by atoms with E-state index in [4.69, 9.17) is 0 Å². The predicted molar refractivity (Wildman–Crippen MR) is 65.0 cm³/mol. The highest BCUT2D eigenvalue weighted by atomic mass is 16.2. The summed E-state index contributed by atoms with van der Waals surface area (Å²) < 4.78 is 0. The van der Waals surface area contributed by atoms with Crippen LogP contribution in [0.15, 0.2) is 24.3 Å². The summed E-state index contributed by atoms with van der Waals surface area (Å²) in [5, 5.41) is 7.61. The zero-order chi connectivity index (χ0) is 13.1. The van der Waals surface area contributed by atoms with Crippen molar-refractivity contribution in [1.29, 1.82) is 0 Å². The number of anilines is 1. The van der Waals surface area contributed by atoms with Crippen LogP contribution in [0.1, 0.15) is 18.0 Å². The van der Waals surface area contributed by atoms with Crippen LogP contribution >= 0.6 is 0 Å². The maximum absolute atomic E-state index is 11.6. The van der Waals surface area contributed by atoms with Crippen LogP contribution in [0.5, 0.6) is 0 Å². The summed E-state index contributed by atoms with van der Waals surface area (Å²) in [5.74, 6) is -1.20. The molecular weight excluding hydrogens is 234 g/mol. The van der Waals surface area contributed by atoms with Gasteiger partial charge in [-0.25, -0.2) is 4.79 Å². The topological polar surface area (TPSA) is 87.3 Å². The monoisotopic (exact) mass is 247 g/mol. The molecule has 0 aromatic heterocycles. The Morgan fingerprint density at radius 2 is 2.06 bits per heavy atom. The molecule has 94 valence electrons. The number of fused-ring (bicyclic) bond motifs is 1. The normalized spacial score (nSPS) is 18.4. The summed E-state index contributed by atoms with van der Waals surface area (Å²) in [6.07, 6.45) is -0.0454. The number of benzene rings is 1. The lowest BCUT2D eigenvalue weighted by atomic mass is 10.0. The molecule has 3 N–H and O–H groups in total. The minimum atomic E-state index is -0.649. The zero-order valence-electron chi connectivity index (χ0n) is 9.82. The number of amides is 3. The quantitative estimate of drug-likeness (QED) is 0.634. The average Bonchev–Trinajstić information content (AvgIpc) is 2.48. The van der Waals surface area contributed by atoms with Crippen LogP contribution in [0.4, 0.5) is 10.5 Å². The van der Waals surface area contributed by atoms with E-state index in [0.717, 1.165) is 5.56 Å². The number of para-hydroxylation sites is 1. The first-order valence-corrected chi connectivity index (χ1v) is 5.53. The van der Waals surface area contributed by atoms with Gasteiger partial charge in [0.2, 0.25) is 5.78 Å². The maximum Gasteiger partial charge on any atom is 0.315 e. The van der Waals surface area contributed by atoms with Crippen LogP contribution in [0.2, 0.25) is 0 Å². The van der Waals surface area contributed by atoms with Gasteiger partial charge < -0.3 is 16.0 Å². The molecule has 0 radical (unpaired) electrons. The van der Waals surface area contributed by atoms with Gasteiger partial charge in [0.1, 0.15) is 0 Å². The van der Waals surface area contributed by atoms with E-state index in [9.17, 15) is 14.4 Å². The second kappa shape index (κ2) is 4.87. The molecule has 0 saturated carbocycles. The third-order valence-corrected chi connectivity index (χ3v) is 2.76. The Hall–Kier alpha value is -2.37. The summed E-state index contributed by atoms with van der Waals surface area (Å²) in [6, 6.07) is 6.12. The molecule has 1 aliphatic heterocycles. The lowest BCUT2D eigenvalue weighted by molar-refractivity contribution is -0.134. The van der Waals surface area contributed by atoms with E-state index in [1.54, 1.807) is 24.3 Å². The van der Waals surface area contributed by atoms with Crippen LogP contribution in [0.25, 0.3) is 0 Å². The van der Waals surface area contributed by atoms with E-state index in [-0.39, 0.29) is 6.42 Å². The first-order valence-electron chi connectivity index (χ1n) is 5.53. The predicted octanol–water partition coefficient (Wildman–Crippen LogP) is 0.568. The Bertz CT molecular complexity index is 513. The number of hydrogen-bond acceptors (Lipinski definition) is 3. The number of carbonyl (C=O) groups excluding carboxylic acids is 3. The van der Waals surface area contributed by atoms with Gasteiger partial charge in [-0.1, -0.05) is 18.2 Å². The number of nitrogens with one attached hydrogen (secondary N) is 3. The first-order chi connectivity index (χ1) is 8.61. The fourth-order valence-corrected chi connectivity index (χ4v) is 1.85. The highest BCUT2D eigenvalue weighted by molar-refractivity contribution is 6.41. The Kier molecular flexibility index (Phi) is 3.27. The lowest BCUT2D eigenvalue weighted by Crippen LogP contribution is -2.36. The lowest BCUT2D eigenvalue weighted by Gasteiger charge is -2.17. The number of carbonyl (C=O) groups is 3. The van der Waals surface area contributed by atoms with Crippen LogP contribution in [-0.2, 0) is 9.59 Å².